The lowest BCUT2D eigenvalue weighted by Crippen LogP contribution is -2.59. The van der Waals surface area contributed by atoms with Crippen molar-refractivity contribution in [2.24, 2.45) is 5.92 Å². The molecule has 2 fully saturated rings. The number of piperazine rings is 1. The third-order valence-corrected chi connectivity index (χ3v) is 7.52. The second kappa shape index (κ2) is 12.4. The molecule has 0 radical (unpaired) electrons. The van der Waals surface area contributed by atoms with Crippen LogP contribution < -0.4 is 10.6 Å². The lowest BCUT2D eigenvalue weighted by atomic mass is 9.94. The lowest BCUT2D eigenvalue weighted by molar-refractivity contribution is -0.129. The van der Waals surface area contributed by atoms with E-state index in [4.69, 9.17) is 11.6 Å². The first-order chi connectivity index (χ1) is 17.0. The molecule has 1 aliphatic carbocycles. The molecule has 2 aliphatic rings. The Morgan fingerprint density at radius 1 is 1.00 bits per heavy atom. The molecule has 35 heavy (non-hydrogen) atoms. The largest absolute Gasteiger partial charge is 0.352 e. The molecule has 3 amide bonds. The number of aryl methyl sites for hydroxylation is 1. The maximum absolute atomic E-state index is 13.5. The van der Waals surface area contributed by atoms with Gasteiger partial charge in [0.15, 0.2) is 0 Å². The number of anilines is 1. The molecule has 188 valence electrons. The van der Waals surface area contributed by atoms with E-state index in [0.29, 0.717) is 42.8 Å². The molecule has 2 aromatic carbocycles. The molecule has 2 N–H and O–H groups in total. The van der Waals surface area contributed by atoms with E-state index < -0.39 is 0 Å². The average molecular weight is 497 g/mol. The Morgan fingerprint density at radius 2 is 1.71 bits per heavy atom. The van der Waals surface area contributed by atoms with Crippen LogP contribution in [0.3, 0.4) is 0 Å². The number of nitrogens with one attached hydrogen (secondary N) is 2. The van der Waals surface area contributed by atoms with E-state index >= 15 is 0 Å². The molecule has 1 heterocycles. The number of halogens is 1. The third kappa shape index (κ3) is 7.21. The summed E-state index contributed by atoms with van der Waals surface area (Å²) >= 11 is 6.04. The number of nitrogens with zero attached hydrogens (tertiary/aromatic N) is 2. The van der Waals surface area contributed by atoms with Gasteiger partial charge in [-0.1, -0.05) is 60.8 Å². The van der Waals surface area contributed by atoms with Crippen molar-refractivity contribution in [1.82, 2.24) is 15.1 Å². The van der Waals surface area contributed by atoms with Crippen LogP contribution in [0, 0.1) is 5.92 Å². The smallest absolute Gasteiger partial charge is 0.321 e. The molecule has 0 spiro atoms. The number of benzene rings is 2. The summed E-state index contributed by atoms with van der Waals surface area (Å²) in [5.41, 5.74) is 1.99. The van der Waals surface area contributed by atoms with Crippen LogP contribution in [0.1, 0.15) is 44.6 Å². The Hall–Kier alpha value is -2.57. The highest BCUT2D eigenvalue weighted by atomic mass is 35.5. The summed E-state index contributed by atoms with van der Waals surface area (Å²) in [7, 11) is 0. The van der Waals surface area contributed by atoms with Gasteiger partial charge in [-0.3, -0.25) is 9.69 Å². The van der Waals surface area contributed by atoms with E-state index in [-0.39, 0.29) is 24.0 Å². The number of hydrogen-bond donors (Lipinski definition) is 2. The van der Waals surface area contributed by atoms with Crippen molar-refractivity contribution in [2.45, 2.75) is 57.5 Å². The van der Waals surface area contributed by atoms with E-state index in [0.717, 1.165) is 25.7 Å². The molecular weight excluding hydrogens is 460 g/mol. The quantitative estimate of drug-likeness (QED) is 0.529. The molecule has 4 rings (SSSR count). The number of hydrogen-bond acceptors (Lipinski definition) is 3. The minimum atomic E-state index is -0.122. The normalized spacial score (nSPS) is 18.7. The minimum absolute atomic E-state index is 0.116. The highest BCUT2D eigenvalue weighted by molar-refractivity contribution is 6.30. The predicted octanol–water partition coefficient (Wildman–Crippen LogP) is 5.19. The topological polar surface area (TPSA) is 64.7 Å². The van der Waals surface area contributed by atoms with Crippen molar-refractivity contribution in [3.8, 4) is 0 Å². The zero-order valence-electron chi connectivity index (χ0n) is 20.6. The highest BCUT2D eigenvalue weighted by Gasteiger charge is 2.37. The van der Waals surface area contributed by atoms with Crippen LogP contribution in [-0.4, -0.2) is 60.0 Å². The Morgan fingerprint density at radius 3 is 2.40 bits per heavy atom. The molecule has 1 aliphatic heterocycles. The van der Waals surface area contributed by atoms with Gasteiger partial charge in [0.05, 0.1) is 6.04 Å². The summed E-state index contributed by atoms with van der Waals surface area (Å²) in [5, 5.41) is 6.84. The summed E-state index contributed by atoms with van der Waals surface area (Å²) in [6.45, 7) is 4.72. The fourth-order valence-corrected chi connectivity index (χ4v) is 5.54. The van der Waals surface area contributed by atoms with Gasteiger partial charge < -0.3 is 15.5 Å². The van der Waals surface area contributed by atoms with Crippen molar-refractivity contribution >= 4 is 29.2 Å². The van der Waals surface area contributed by atoms with Gasteiger partial charge in [-0.15, -0.1) is 0 Å². The van der Waals surface area contributed by atoms with Crippen LogP contribution in [0.4, 0.5) is 10.5 Å². The standard InChI is InChI=1S/C28H37ClN4O2/c1-21(14-15-22-8-3-2-4-9-22)30-27(34)26(23-10-5-6-11-23)32-16-18-33(19-17-32)28(35)31-25-13-7-12-24(29)20-25/h2-4,7-9,12-13,20-21,23,26H,5-6,10-11,14-19H2,1H3,(H,30,34)(H,31,35)/t21-,26-/m1/s1. The Bertz CT molecular complexity index is 972. The fraction of sp³-hybridized carbons (Fsp3) is 0.500. The summed E-state index contributed by atoms with van der Waals surface area (Å²) in [6, 6.07) is 17.5. The molecule has 0 bridgehead atoms. The molecule has 6 nitrogen and oxygen atoms in total. The monoisotopic (exact) mass is 496 g/mol. The van der Waals surface area contributed by atoms with Crippen molar-refractivity contribution in [3.05, 3.63) is 65.2 Å². The fourth-order valence-electron chi connectivity index (χ4n) is 5.35. The average Bonchev–Trinajstić information content (AvgIpc) is 3.38. The van der Waals surface area contributed by atoms with Gasteiger partial charge in [-0.05, 0) is 62.3 Å². The van der Waals surface area contributed by atoms with Crippen molar-refractivity contribution in [1.29, 1.82) is 0 Å². The second-order valence-corrected chi connectivity index (χ2v) is 10.3. The first-order valence-electron chi connectivity index (χ1n) is 12.9. The summed E-state index contributed by atoms with van der Waals surface area (Å²) in [4.78, 5) is 30.4. The second-order valence-electron chi connectivity index (χ2n) is 9.89. The maximum Gasteiger partial charge on any atom is 0.321 e. The summed E-state index contributed by atoms with van der Waals surface area (Å²) in [6.07, 6.45) is 6.47. The third-order valence-electron chi connectivity index (χ3n) is 7.28. The molecule has 0 unspecified atom stereocenters. The number of carbonyl (C=O) groups excluding carboxylic acids is 2. The zero-order chi connectivity index (χ0) is 24.6. The van der Waals surface area contributed by atoms with E-state index in [9.17, 15) is 9.59 Å². The lowest BCUT2D eigenvalue weighted by Gasteiger charge is -2.41. The Kier molecular flexibility index (Phi) is 9.05. The molecule has 1 saturated carbocycles. The van der Waals surface area contributed by atoms with Gasteiger partial charge in [0.1, 0.15) is 0 Å². The van der Waals surface area contributed by atoms with Gasteiger partial charge >= 0.3 is 6.03 Å². The van der Waals surface area contributed by atoms with E-state index in [1.54, 1.807) is 12.1 Å². The Balaban J connectivity index is 1.31. The molecule has 7 heteroatoms. The highest BCUT2D eigenvalue weighted by Crippen LogP contribution is 2.31. The van der Waals surface area contributed by atoms with Crippen LogP contribution in [0.15, 0.2) is 54.6 Å². The van der Waals surface area contributed by atoms with Crippen LogP contribution >= 0.6 is 11.6 Å². The molecule has 1 saturated heterocycles. The van der Waals surface area contributed by atoms with Crippen molar-refractivity contribution < 1.29 is 9.59 Å². The molecule has 0 aromatic heterocycles. The van der Waals surface area contributed by atoms with E-state index in [1.807, 2.05) is 23.1 Å². The van der Waals surface area contributed by atoms with Gasteiger partial charge in [0.25, 0.3) is 0 Å². The van der Waals surface area contributed by atoms with E-state index in [1.165, 1.54) is 18.4 Å². The summed E-state index contributed by atoms with van der Waals surface area (Å²) < 4.78 is 0. The van der Waals surface area contributed by atoms with Crippen LogP contribution in [-0.2, 0) is 11.2 Å². The van der Waals surface area contributed by atoms with Gasteiger partial charge in [0.2, 0.25) is 5.91 Å². The minimum Gasteiger partial charge on any atom is -0.352 e. The SMILES string of the molecule is C[C@H](CCc1ccccc1)NC(=O)[C@@H](C1CCCC1)N1CCN(C(=O)Nc2cccc(Cl)c2)CC1. The van der Waals surface area contributed by atoms with Gasteiger partial charge in [-0.2, -0.15) is 0 Å². The van der Waals surface area contributed by atoms with Crippen LogP contribution in [0.2, 0.25) is 5.02 Å². The first kappa shape index (κ1) is 25.5. The van der Waals surface area contributed by atoms with Crippen molar-refractivity contribution in [3.63, 3.8) is 0 Å². The van der Waals surface area contributed by atoms with Gasteiger partial charge in [0, 0.05) is 42.9 Å². The van der Waals surface area contributed by atoms with Crippen LogP contribution in [0.5, 0.6) is 0 Å². The van der Waals surface area contributed by atoms with Gasteiger partial charge in [-0.25, -0.2) is 4.79 Å². The first-order valence-corrected chi connectivity index (χ1v) is 13.3. The zero-order valence-corrected chi connectivity index (χ0v) is 21.3. The van der Waals surface area contributed by atoms with E-state index in [2.05, 4.69) is 46.7 Å². The summed E-state index contributed by atoms with van der Waals surface area (Å²) in [5.74, 6) is 0.539. The number of urea groups is 1. The molecule has 2 atom stereocenters. The number of amides is 3. The number of carbonyl (C=O) groups is 2. The molecule has 2 aromatic rings. The predicted molar refractivity (Wildman–Crippen MR) is 142 cm³/mol. The molecular formula is C28H37ClN4O2. The maximum atomic E-state index is 13.5. The van der Waals surface area contributed by atoms with Crippen LogP contribution in [0.25, 0.3) is 0 Å². The number of rotatable bonds is 8. The van der Waals surface area contributed by atoms with Crippen molar-refractivity contribution in [2.75, 3.05) is 31.5 Å². The Labute approximate surface area is 214 Å².